The van der Waals surface area contributed by atoms with Crippen LogP contribution in [0.4, 0.5) is 0 Å². The first-order chi connectivity index (χ1) is 14.8. The molecule has 2 aliphatic rings. The van der Waals surface area contributed by atoms with Crippen LogP contribution in [-0.2, 0) is 24.2 Å². The minimum atomic E-state index is 0.558. The Hall–Kier alpha value is -2.37. The van der Waals surface area contributed by atoms with Crippen molar-refractivity contribution in [3.05, 3.63) is 70.8 Å². The predicted molar refractivity (Wildman–Crippen MR) is 123 cm³/mol. The normalized spacial score (nSPS) is 19.9. The van der Waals surface area contributed by atoms with E-state index in [1.165, 1.54) is 41.5 Å². The smallest absolute Gasteiger partial charge is 0.191 e. The predicted octanol–water partition coefficient (Wildman–Crippen LogP) is 3.30. The monoisotopic (exact) mass is 406 g/mol. The molecule has 1 saturated heterocycles. The Bertz CT molecular complexity index is 845. The molecule has 2 aromatic rings. The highest BCUT2D eigenvalue weighted by Gasteiger charge is 2.20. The number of hydrogen-bond acceptors (Lipinski definition) is 3. The summed E-state index contributed by atoms with van der Waals surface area (Å²) in [7, 11) is 1.85. The Kier molecular flexibility index (Phi) is 7.38. The van der Waals surface area contributed by atoms with Gasteiger partial charge in [-0.2, -0.15) is 0 Å². The Balaban J connectivity index is 1.32. The first-order valence-electron chi connectivity index (χ1n) is 11.2. The molecule has 1 unspecified atom stereocenters. The summed E-state index contributed by atoms with van der Waals surface area (Å²) in [6, 6.07) is 17.6. The van der Waals surface area contributed by atoms with Crippen LogP contribution >= 0.6 is 0 Å². The number of morpholine rings is 1. The number of aliphatic imine (C=N–C) groups is 1. The van der Waals surface area contributed by atoms with Crippen LogP contribution < -0.4 is 10.6 Å². The SMILES string of the molecule is CN=C(NCc1ccccc1CN1CCOCC1)NCC1CCCc2ccccc21. The first-order valence-corrected chi connectivity index (χ1v) is 11.2. The van der Waals surface area contributed by atoms with Gasteiger partial charge in [-0.25, -0.2) is 0 Å². The van der Waals surface area contributed by atoms with Gasteiger partial charge >= 0.3 is 0 Å². The minimum absolute atomic E-state index is 0.558. The lowest BCUT2D eigenvalue weighted by molar-refractivity contribution is 0.0341. The van der Waals surface area contributed by atoms with Crippen molar-refractivity contribution >= 4 is 5.96 Å². The molecule has 1 aliphatic heterocycles. The lowest BCUT2D eigenvalue weighted by Crippen LogP contribution is -2.40. The van der Waals surface area contributed by atoms with Crippen LogP contribution in [0.5, 0.6) is 0 Å². The Morgan fingerprint density at radius 3 is 2.63 bits per heavy atom. The molecule has 0 saturated carbocycles. The van der Waals surface area contributed by atoms with Gasteiger partial charge in [0.25, 0.3) is 0 Å². The van der Waals surface area contributed by atoms with Crippen molar-refractivity contribution in [1.29, 1.82) is 0 Å². The van der Waals surface area contributed by atoms with Crippen LogP contribution in [0, 0.1) is 0 Å². The molecule has 5 nitrogen and oxygen atoms in total. The third-order valence-corrected chi connectivity index (χ3v) is 6.30. The zero-order chi connectivity index (χ0) is 20.6. The van der Waals surface area contributed by atoms with E-state index >= 15 is 0 Å². The van der Waals surface area contributed by atoms with Crippen molar-refractivity contribution in [3.8, 4) is 0 Å². The molecule has 5 heteroatoms. The number of hydrogen-bond donors (Lipinski definition) is 2. The summed E-state index contributed by atoms with van der Waals surface area (Å²) in [6.07, 6.45) is 3.72. The van der Waals surface area contributed by atoms with E-state index in [2.05, 4.69) is 69.1 Å². The van der Waals surface area contributed by atoms with Gasteiger partial charge in [0, 0.05) is 45.7 Å². The maximum Gasteiger partial charge on any atom is 0.191 e. The molecule has 0 amide bonds. The molecule has 4 rings (SSSR count). The summed E-state index contributed by atoms with van der Waals surface area (Å²) in [5.41, 5.74) is 5.72. The second-order valence-corrected chi connectivity index (χ2v) is 8.25. The molecule has 1 aliphatic carbocycles. The molecule has 30 heavy (non-hydrogen) atoms. The van der Waals surface area contributed by atoms with Crippen LogP contribution in [0.3, 0.4) is 0 Å². The third-order valence-electron chi connectivity index (χ3n) is 6.30. The highest BCUT2D eigenvalue weighted by molar-refractivity contribution is 5.79. The molecule has 1 fully saturated rings. The van der Waals surface area contributed by atoms with E-state index in [-0.39, 0.29) is 0 Å². The summed E-state index contributed by atoms with van der Waals surface area (Å²) in [6.45, 7) is 6.36. The van der Waals surface area contributed by atoms with Crippen molar-refractivity contribution in [2.45, 2.75) is 38.3 Å². The van der Waals surface area contributed by atoms with Crippen LogP contribution in [0.15, 0.2) is 53.5 Å². The van der Waals surface area contributed by atoms with Crippen molar-refractivity contribution in [2.75, 3.05) is 39.9 Å². The van der Waals surface area contributed by atoms with E-state index in [9.17, 15) is 0 Å². The average Bonchev–Trinajstić information content (AvgIpc) is 2.81. The standard InChI is InChI=1S/C25H34N4O/c1-26-25(28-18-22-11-6-10-20-7-4-5-12-24(20)22)27-17-21-8-2-3-9-23(21)19-29-13-15-30-16-14-29/h2-5,7-9,12,22H,6,10-11,13-19H2,1H3,(H2,26,27,28). The van der Waals surface area contributed by atoms with Crippen molar-refractivity contribution in [2.24, 2.45) is 4.99 Å². The Morgan fingerprint density at radius 2 is 1.80 bits per heavy atom. The van der Waals surface area contributed by atoms with Crippen molar-refractivity contribution in [1.82, 2.24) is 15.5 Å². The van der Waals surface area contributed by atoms with Crippen LogP contribution in [0.2, 0.25) is 0 Å². The van der Waals surface area contributed by atoms with Gasteiger partial charge in [-0.1, -0.05) is 48.5 Å². The van der Waals surface area contributed by atoms with Crippen molar-refractivity contribution < 1.29 is 4.74 Å². The van der Waals surface area contributed by atoms with Gasteiger partial charge in [0.05, 0.1) is 13.2 Å². The fourth-order valence-electron chi connectivity index (χ4n) is 4.57. The highest BCUT2D eigenvalue weighted by atomic mass is 16.5. The maximum absolute atomic E-state index is 5.48. The zero-order valence-electron chi connectivity index (χ0n) is 18.1. The van der Waals surface area contributed by atoms with Gasteiger partial charge in [0.15, 0.2) is 5.96 Å². The number of nitrogens with zero attached hydrogens (tertiary/aromatic N) is 2. The molecule has 1 heterocycles. The Morgan fingerprint density at radius 1 is 1.03 bits per heavy atom. The number of guanidine groups is 1. The third kappa shape index (κ3) is 5.41. The molecule has 0 spiro atoms. The average molecular weight is 407 g/mol. The summed E-state index contributed by atoms with van der Waals surface area (Å²) < 4.78 is 5.48. The van der Waals surface area contributed by atoms with Gasteiger partial charge in [-0.15, -0.1) is 0 Å². The van der Waals surface area contributed by atoms with E-state index in [1.54, 1.807) is 0 Å². The van der Waals surface area contributed by atoms with E-state index in [1.807, 2.05) is 7.05 Å². The first kappa shape index (κ1) is 20.9. The van der Waals surface area contributed by atoms with E-state index < -0.39 is 0 Å². The molecule has 0 aromatic heterocycles. The van der Waals surface area contributed by atoms with Gasteiger partial charge in [-0.3, -0.25) is 9.89 Å². The number of rotatable bonds is 6. The summed E-state index contributed by atoms with van der Waals surface area (Å²) in [5.74, 6) is 1.43. The lowest BCUT2D eigenvalue weighted by Gasteiger charge is -2.28. The van der Waals surface area contributed by atoms with Crippen LogP contribution in [0.1, 0.15) is 41.0 Å². The molecule has 2 aromatic carbocycles. The topological polar surface area (TPSA) is 48.9 Å². The highest BCUT2D eigenvalue weighted by Crippen LogP contribution is 2.30. The maximum atomic E-state index is 5.48. The molecule has 1 atom stereocenters. The van der Waals surface area contributed by atoms with Crippen LogP contribution in [0.25, 0.3) is 0 Å². The molecule has 160 valence electrons. The summed E-state index contributed by atoms with van der Waals surface area (Å²) in [5, 5.41) is 7.09. The quantitative estimate of drug-likeness (QED) is 0.571. The van der Waals surface area contributed by atoms with Crippen molar-refractivity contribution in [3.63, 3.8) is 0 Å². The molecule has 0 radical (unpaired) electrons. The van der Waals surface area contributed by atoms with Gasteiger partial charge in [0.1, 0.15) is 0 Å². The fourth-order valence-corrected chi connectivity index (χ4v) is 4.57. The van der Waals surface area contributed by atoms with E-state index in [4.69, 9.17) is 4.74 Å². The van der Waals surface area contributed by atoms with Crippen LogP contribution in [-0.4, -0.2) is 50.8 Å². The number of benzene rings is 2. The van der Waals surface area contributed by atoms with E-state index in [0.29, 0.717) is 5.92 Å². The Labute approximate surface area is 180 Å². The number of aryl methyl sites for hydroxylation is 1. The summed E-state index contributed by atoms with van der Waals surface area (Å²) in [4.78, 5) is 6.92. The minimum Gasteiger partial charge on any atom is -0.379 e. The van der Waals surface area contributed by atoms with Gasteiger partial charge in [0.2, 0.25) is 0 Å². The molecular weight excluding hydrogens is 372 g/mol. The zero-order valence-corrected chi connectivity index (χ0v) is 18.1. The number of ether oxygens (including phenoxy) is 1. The largest absolute Gasteiger partial charge is 0.379 e. The van der Waals surface area contributed by atoms with E-state index in [0.717, 1.165) is 51.9 Å². The number of nitrogens with one attached hydrogen (secondary N) is 2. The molecule has 0 bridgehead atoms. The fraction of sp³-hybridized carbons (Fsp3) is 0.480. The second-order valence-electron chi connectivity index (χ2n) is 8.25. The number of fused-ring (bicyclic) bond motifs is 1. The second kappa shape index (κ2) is 10.6. The molecule has 2 N–H and O–H groups in total. The summed E-state index contributed by atoms with van der Waals surface area (Å²) >= 11 is 0. The van der Waals surface area contributed by atoms with Gasteiger partial charge in [-0.05, 0) is 41.5 Å². The van der Waals surface area contributed by atoms with Gasteiger partial charge < -0.3 is 15.4 Å². The lowest BCUT2D eigenvalue weighted by atomic mass is 9.83. The molecular formula is C25H34N4O.